The number of carbonyl (C=O) groups excluding carboxylic acids is 3. The molecule has 5 nitrogen and oxygen atoms in total. The molecule has 28 heavy (non-hydrogen) atoms. The number of hydrogen-bond donors (Lipinski definition) is 1. The number of fused-ring (bicyclic) bond motifs is 1. The molecule has 3 aromatic rings. The first-order chi connectivity index (χ1) is 13.4. The molecule has 0 aliphatic carbocycles. The molecule has 1 heterocycles. The van der Waals surface area contributed by atoms with Crippen LogP contribution < -0.4 is 0 Å². The fourth-order valence-electron chi connectivity index (χ4n) is 2.75. The van der Waals surface area contributed by atoms with E-state index in [-0.39, 0.29) is 5.56 Å². The molecule has 1 aromatic heterocycles. The zero-order valence-electron chi connectivity index (χ0n) is 14.9. The molecular formula is C21H16F2N2O3. The van der Waals surface area contributed by atoms with Crippen LogP contribution in [0.25, 0.3) is 10.9 Å². The van der Waals surface area contributed by atoms with Gasteiger partial charge in [-0.15, -0.1) is 0 Å². The Hall–Kier alpha value is -3.66. The maximum Gasteiger partial charge on any atom is 0.202 e. The van der Waals surface area contributed by atoms with Crippen LogP contribution >= 0.6 is 0 Å². The average molecular weight is 382 g/mol. The fraction of sp³-hybridized carbons (Fsp3) is 0.143. The van der Waals surface area contributed by atoms with E-state index in [2.05, 4.69) is 11.1 Å². The SMILES string of the molecule is CCC(C(=O)C=O)c1c[nH]c2ccc(C#N)cc12.O=Cc1ccc(F)cc1F. The summed E-state index contributed by atoms with van der Waals surface area (Å²) in [5.41, 5.74) is 2.06. The molecular weight excluding hydrogens is 366 g/mol. The third kappa shape index (κ3) is 4.54. The lowest BCUT2D eigenvalue weighted by molar-refractivity contribution is -0.130. The minimum Gasteiger partial charge on any atom is -0.361 e. The summed E-state index contributed by atoms with van der Waals surface area (Å²) in [5.74, 6) is -2.37. The zero-order chi connectivity index (χ0) is 20.7. The molecule has 142 valence electrons. The number of aromatic nitrogens is 1. The van der Waals surface area contributed by atoms with Gasteiger partial charge in [0.1, 0.15) is 11.6 Å². The molecule has 0 aliphatic rings. The van der Waals surface area contributed by atoms with Crippen LogP contribution in [0.15, 0.2) is 42.6 Å². The molecule has 0 fully saturated rings. The Morgan fingerprint density at radius 1 is 1.21 bits per heavy atom. The minimum absolute atomic E-state index is 0.124. The van der Waals surface area contributed by atoms with Crippen LogP contribution in [0.3, 0.4) is 0 Å². The lowest BCUT2D eigenvalue weighted by Gasteiger charge is -2.09. The predicted molar refractivity (Wildman–Crippen MR) is 98.9 cm³/mol. The Kier molecular flexibility index (Phi) is 6.88. The number of nitrogens with one attached hydrogen (secondary N) is 1. The number of Topliss-reactive ketones (excluding diaryl/α,β-unsaturated/α-hetero) is 1. The van der Waals surface area contributed by atoms with E-state index in [4.69, 9.17) is 5.26 Å². The Morgan fingerprint density at radius 2 is 1.96 bits per heavy atom. The molecule has 0 radical (unpaired) electrons. The molecule has 1 unspecified atom stereocenters. The summed E-state index contributed by atoms with van der Waals surface area (Å²) in [5, 5.41) is 9.72. The predicted octanol–water partition coefficient (Wildman–Crippen LogP) is 4.08. The van der Waals surface area contributed by atoms with Gasteiger partial charge in [-0.1, -0.05) is 6.92 Å². The van der Waals surface area contributed by atoms with Crippen molar-refractivity contribution in [2.45, 2.75) is 19.3 Å². The van der Waals surface area contributed by atoms with Gasteiger partial charge in [0.15, 0.2) is 12.6 Å². The largest absolute Gasteiger partial charge is 0.361 e. The maximum atomic E-state index is 12.4. The summed E-state index contributed by atoms with van der Waals surface area (Å²) in [6.07, 6.45) is 3.00. The number of hydrogen-bond acceptors (Lipinski definition) is 4. The number of carbonyl (C=O) groups is 3. The smallest absolute Gasteiger partial charge is 0.202 e. The monoisotopic (exact) mass is 382 g/mol. The van der Waals surface area contributed by atoms with Crippen molar-refractivity contribution in [3.8, 4) is 6.07 Å². The third-order valence-corrected chi connectivity index (χ3v) is 4.18. The number of aldehydes is 2. The van der Waals surface area contributed by atoms with Gasteiger partial charge in [0, 0.05) is 23.2 Å². The standard InChI is InChI=1S/C14H12N2O2.C7H4F2O/c1-2-10(14(18)8-17)12-7-16-13-4-3-9(6-15)5-11(12)13;8-6-2-1-5(4-10)7(9)3-6/h3-5,7-8,10,16H,2H2,1H3;1-4H. The number of nitriles is 1. The van der Waals surface area contributed by atoms with Crippen LogP contribution in [-0.4, -0.2) is 23.3 Å². The lowest BCUT2D eigenvalue weighted by atomic mass is 9.92. The van der Waals surface area contributed by atoms with Crippen molar-refractivity contribution in [1.29, 1.82) is 5.26 Å². The Balaban J connectivity index is 0.000000237. The number of nitrogens with zero attached hydrogens (tertiary/aromatic N) is 1. The summed E-state index contributed by atoms with van der Waals surface area (Å²) < 4.78 is 24.5. The van der Waals surface area contributed by atoms with Gasteiger partial charge in [-0.25, -0.2) is 8.78 Å². The summed E-state index contributed by atoms with van der Waals surface area (Å²) in [7, 11) is 0. The molecule has 0 saturated carbocycles. The van der Waals surface area contributed by atoms with Gasteiger partial charge in [-0.05, 0) is 42.3 Å². The number of ketones is 1. The van der Waals surface area contributed by atoms with Crippen molar-refractivity contribution in [2.24, 2.45) is 0 Å². The molecule has 0 amide bonds. The molecule has 3 rings (SSSR count). The maximum absolute atomic E-state index is 12.4. The minimum atomic E-state index is -0.824. The van der Waals surface area contributed by atoms with Gasteiger partial charge < -0.3 is 4.98 Å². The number of rotatable bonds is 5. The third-order valence-electron chi connectivity index (χ3n) is 4.18. The highest BCUT2D eigenvalue weighted by Crippen LogP contribution is 2.28. The normalized spacial score (nSPS) is 11.1. The van der Waals surface area contributed by atoms with E-state index in [1.165, 1.54) is 0 Å². The Labute approximate surface area is 159 Å². The van der Waals surface area contributed by atoms with E-state index >= 15 is 0 Å². The Morgan fingerprint density at radius 3 is 2.54 bits per heavy atom. The van der Waals surface area contributed by atoms with Crippen molar-refractivity contribution in [1.82, 2.24) is 4.98 Å². The molecule has 7 heteroatoms. The molecule has 1 N–H and O–H groups in total. The lowest BCUT2D eigenvalue weighted by Crippen LogP contribution is -2.12. The fourth-order valence-corrected chi connectivity index (χ4v) is 2.75. The second kappa shape index (κ2) is 9.33. The molecule has 0 spiro atoms. The van der Waals surface area contributed by atoms with E-state index in [1.807, 2.05) is 6.92 Å². The van der Waals surface area contributed by atoms with Crippen molar-refractivity contribution < 1.29 is 23.2 Å². The van der Waals surface area contributed by atoms with Gasteiger partial charge in [0.05, 0.1) is 23.1 Å². The molecule has 0 bridgehead atoms. The van der Waals surface area contributed by atoms with E-state index < -0.39 is 23.3 Å². The van der Waals surface area contributed by atoms with Crippen molar-refractivity contribution >= 4 is 29.3 Å². The second-order valence-electron chi connectivity index (χ2n) is 5.88. The van der Waals surface area contributed by atoms with Crippen LogP contribution in [0.1, 0.15) is 40.7 Å². The van der Waals surface area contributed by atoms with E-state index in [0.717, 1.165) is 28.6 Å². The first kappa shape index (κ1) is 20.6. The number of aromatic amines is 1. The van der Waals surface area contributed by atoms with Crippen LogP contribution in [-0.2, 0) is 9.59 Å². The molecule has 1 atom stereocenters. The van der Waals surface area contributed by atoms with E-state index in [0.29, 0.717) is 30.6 Å². The highest BCUT2D eigenvalue weighted by molar-refractivity contribution is 6.28. The van der Waals surface area contributed by atoms with Crippen LogP contribution in [0.2, 0.25) is 0 Å². The van der Waals surface area contributed by atoms with E-state index in [9.17, 15) is 23.2 Å². The van der Waals surface area contributed by atoms with Crippen LogP contribution in [0, 0.1) is 23.0 Å². The quantitative estimate of drug-likeness (QED) is 0.532. The average Bonchev–Trinajstić information content (AvgIpc) is 3.12. The summed E-state index contributed by atoms with van der Waals surface area (Å²) in [6, 6.07) is 10.1. The highest BCUT2D eigenvalue weighted by atomic mass is 19.1. The molecule has 2 aromatic carbocycles. The van der Waals surface area contributed by atoms with Crippen molar-refractivity contribution in [2.75, 3.05) is 0 Å². The summed E-state index contributed by atoms with van der Waals surface area (Å²) in [6.45, 7) is 1.86. The van der Waals surface area contributed by atoms with Crippen LogP contribution in [0.5, 0.6) is 0 Å². The number of H-pyrrole nitrogens is 1. The van der Waals surface area contributed by atoms with Gasteiger partial charge in [0.25, 0.3) is 0 Å². The zero-order valence-corrected chi connectivity index (χ0v) is 14.9. The first-order valence-corrected chi connectivity index (χ1v) is 8.35. The second-order valence-corrected chi connectivity index (χ2v) is 5.88. The number of benzene rings is 2. The first-order valence-electron chi connectivity index (χ1n) is 8.35. The van der Waals surface area contributed by atoms with Gasteiger partial charge in [-0.2, -0.15) is 5.26 Å². The Bertz CT molecular complexity index is 1070. The van der Waals surface area contributed by atoms with E-state index in [1.54, 1.807) is 24.4 Å². The van der Waals surface area contributed by atoms with Gasteiger partial charge in [-0.3, -0.25) is 14.4 Å². The van der Waals surface area contributed by atoms with Gasteiger partial charge >= 0.3 is 0 Å². The number of halogens is 2. The highest BCUT2D eigenvalue weighted by Gasteiger charge is 2.21. The van der Waals surface area contributed by atoms with Crippen molar-refractivity contribution in [3.05, 3.63) is 70.9 Å². The summed E-state index contributed by atoms with van der Waals surface area (Å²) in [4.78, 5) is 35.3. The topological polar surface area (TPSA) is 90.8 Å². The molecule has 0 saturated heterocycles. The summed E-state index contributed by atoms with van der Waals surface area (Å²) >= 11 is 0. The molecule has 0 aliphatic heterocycles. The van der Waals surface area contributed by atoms with Gasteiger partial charge in [0.2, 0.25) is 5.78 Å². The van der Waals surface area contributed by atoms with Crippen LogP contribution in [0.4, 0.5) is 8.78 Å². The van der Waals surface area contributed by atoms with Crippen molar-refractivity contribution in [3.63, 3.8) is 0 Å².